The van der Waals surface area contributed by atoms with E-state index < -0.39 is 16.7 Å². The van der Waals surface area contributed by atoms with Crippen LogP contribution in [0.4, 0.5) is 10.1 Å². The predicted octanol–water partition coefficient (Wildman–Crippen LogP) is 4.03. The van der Waals surface area contributed by atoms with Crippen molar-refractivity contribution < 1.29 is 12.8 Å². The zero-order chi connectivity index (χ0) is 19.0. The van der Waals surface area contributed by atoms with Gasteiger partial charge in [-0.1, -0.05) is 31.7 Å². The topological polar surface area (TPSA) is 79.0 Å². The second-order valence-corrected chi connectivity index (χ2v) is 7.02. The van der Waals surface area contributed by atoms with Gasteiger partial charge >= 0.3 is 0 Å². The molecule has 0 atom stereocenters. The maximum Gasteiger partial charge on any atom is 0.224 e. The van der Waals surface area contributed by atoms with Crippen LogP contribution in [0, 0.1) is 5.82 Å². The van der Waals surface area contributed by atoms with E-state index in [1.54, 1.807) is 48.7 Å². The van der Waals surface area contributed by atoms with Gasteiger partial charge in [0.15, 0.2) is 5.65 Å². The molecule has 0 fully saturated rings. The fourth-order valence-corrected chi connectivity index (χ4v) is 3.29. The molecule has 0 aliphatic carbocycles. The van der Waals surface area contributed by atoms with Crippen molar-refractivity contribution >= 4 is 27.7 Å². The highest BCUT2D eigenvalue weighted by atomic mass is 32.2. The Bertz CT molecular complexity index is 1210. The van der Waals surface area contributed by atoms with E-state index in [9.17, 15) is 12.8 Å². The number of para-hydroxylation sites is 1. The number of rotatable bonds is 4. The van der Waals surface area contributed by atoms with Crippen LogP contribution in [0.2, 0.25) is 0 Å². The van der Waals surface area contributed by atoms with Gasteiger partial charge in [0.05, 0.1) is 17.6 Å². The first kappa shape index (κ1) is 19.5. The largest absolute Gasteiger partial charge is 0.345 e. The molecule has 4 aromatic rings. The highest BCUT2D eigenvalue weighted by molar-refractivity contribution is 7.74. The Hall–Kier alpha value is -3.26. The van der Waals surface area contributed by atoms with Gasteiger partial charge in [-0.15, -0.1) is 0 Å². The third-order valence-corrected chi connectivity index (χ3v) is 5.02. The number of benzene rings is 2. The highest BCUT2D eigenvalue weighted by Crippen LogP contribution is 2.33. The monoisotopic (exact) mass is 398 g/mol. The number of H-pyrrole nitrogens is 1. The number of halogens is 1. The van der Waals surface area contributed by atoms with Crippen LogP contribution in [-0.4, -0.2) is 30.4 Å². The van der Waals surface area contributed by atoms with Crippen molar-refractivity contribution in [2.24, 2.45) is 0 Å². The van der Waals surface area contributed by atoms with Gasteiger partial charge in [-0.2, -0.15) is 0 Å². The maximum absolute atomic E-state index is 14.8. The summed E-state index contributed by atoms with van der Waals surface area (Å²) in [6.45, 7) is 0. The smallest absolute Gasteiger partial charge is 0.224 e. The summed E-state index contributed by atoms with van der Waals surface area (Å²) in [5, 5.41) is 0. The lowest BCUT2D eigenvalue weighted by molar-refractivity contribution is 0.613. The molecular weight excluding hydrogens is 379 g/mol. The maximum atomic E-state index is 14.8. The van der Waals surface area contributed by atoms with Crippen LogP contribution in [-0.2, 0) is 10.9 Å². The van der Waals surface area contributed by atoms with Gasteiger partial charge in [-0.05, 0) is 29.8 Å². The molecule has 0 radical (unpaired) electrons. The summed E-state index contributed by atoms with van der Waals surface area (Å²) in [4.78, 5) is 11.6. The Labute approximate surface area is 163 Å². The van der Waals surface area contributed by atoms with Crippen LogP contribution in [0.5, 0.6) is 0 Å². The standard InChI is InChI=1S/C19H15FN4O2S.CH4/c1-24(27(25)26)18-5-3-2-4-13(18)12-6-7-14(15(20)10-12)17-11-22-19-16(23-17)8-9-21-19;/h2-11,27H,1H3,(H,21,22);1H4. The Morgan fingerprint density at radius 3 is 2.61 bits per heavy atom. The summed E-state index contributed by atoms with van der Waals surface area (Å²) in [5.41, 5.74) is 3.73. The normalized spacial score (nSPS) is 10.8. The molecule has 0 bridgehead atoms. The van der Waals surface area contributed by atoms with Crippen molar-refractivity contribution in [3.63, 3.8) is 0 Å². The molecule has 0 saturated heterocycles. The molecule has 4 rings (SSSR count). The summed E-state index contributed by atoms with van der Waals surface area (Å²) >= 11 is 0. The van der Waals surface area contributed by atoms with E-state index in [-0.39, 0.29) is 7.43 Å². The van der Waals surface area contributed by atoms with Gasteiger partial charge in [0.1, 0.15) is 11.3 Å². The molecule has 1 N–H and O–H groups in total. The SMILES string of the molecule is C.CN(c1ccccc1-c1ccc(-c2cnc3[nH]ccc3n2)c(F)c1)[SH](=O)=O. The summed E-state index contributed by atoms with van der Waals surface area (Å²) < 4.78 is 38.7. The highest BCUT2D eigenvalue weighted by Gasteiger charge is 2.14. The van der Waals surface area contributed by atoms with Crippen molar-refractivity contribution in [2.75, 3.05) is 11.4 Å². The number of aromatic nitrogens is 3. The Morgan fingerprint density at radius 1 is 1.07 bits per heavy atom. The zero-order valence-electron chi connectivity index (χ0n) is 14.3. The summed E-state index contributed by atoms with van der Waals surface area (Å²) in [7, 11) is -1.33. The first-order chi connectivity index (χ1) is 13.0. The van der Waals surface area contributed by atoms with Gasteiger partial charge in [0, 0.05) is 24.4 Å². The third kappa shape index (κ3) is 3.46. The van der Waals surface area contributed by atoms with E-state index in [0.717, 1.165) is 4.31 Å². The van der Waals surface area contributed by atoms with Gasteiger partial charge < -0.3 is 4.98 Å². The molecule has 2 aromatic heterocycles. The average Bonchev–Trinajstić information content (AvgIpc) is 3.15. The molecule has 0 spiro atoms. The fourth-order valence-electron chi connectivity index (χ4n) is 2.94. The molecule has 8 heteroatoms. The van der Waals surface area contributed by atoms with E-state index in [0.29, 0.717) is 39.2 Å². The molecule has 144 valence electrons. The molecule has 0 aliphatic heterocycles. The minimum atomic E-state index is -2.79. The Kier molecular flexibility index (Phi) is 5.41. The number of aromatic amines is 1. The van der Waals surface area contributed by atoms with Crippen molar-refractivity contribution in [3.05, 3.63) is 66.7 Å². The molecule has 0 unspecified atom stereocenters. The van der Waals surface area contributed by atoms with Gasteiger partial charge in [0.2, 0.25) is 10.9 Å². The number of nitrogens with one attached hydrogen (secondary N) is 1. The number of fused-ring (bicyclic) bond motifs is 1. The molecule has 0 saturated carbocycles. The van der Waals surface area contributed by atoms with Crippen LogP contribution in [0.25, 0.3) is 33.5 Å². The van der Waals surface area contributed by atoms with Crippen molar-refractivity contribution in [1.82, 2.24) is 15.0 Å². The predicted molar refractivity (Wildman–Crippen MR) is 110 cm³/mol. The fraction of sp³-hybridized carbons (Fsp3) is 0.100. The molecule has 2 heterocycles. The van der Waals surface area contributed by atoms with E-state index in [1.807, 2.05) is 0 Å². The van der Waals surface area contributed by atoms with Crippen LogP contribution in [0.1, 0.15) is 7.43 Å². The number of thiol groups is 1. The van der Waals surface area contributed by atoms with Crippen LogP contribution >= 0.6 is 0 Å². The number of hydrogen-bond acceptors (Lipinski definition) is 4. The molecular formula is C20H19FN4O2S. The second-order valence-electron chi connectivity index (χ2n) is 5.94. The Morgan fingerprint density at radius 2 is 1.86 bits per heavy atom. The molecule has 2 aromatic carbocycles. The molecule has 0 aliphatic rings. The quantitative estimate of drug-likeness (QED) is 0.509. The van der Waals surface area contributed by atoms with Crippen molar-refractivity contribution in [1.29, 1.82) is 0 Å². The van der Waals surface area contributed by atoms with Gasteiger partial charge in [-0.3, -0.25) is 4.31 Å². The van der Waals surface area contributed by atoms with Crippen molar-refractivity contribution in [2.45, 2.75) is 7.43 Å². The van der Waals surface area contributed by atoms with Crippen molar-refractivity contribution in [3.8, 4) is 22.4 Å². The minimum absolute atomic E-state index is 0. The van der Waals surface area contributed by atoms with Crippen LogP contribution < -0.4 is 4.31 Å². The first-order valence-electron chi connectivity index (χ1n) is 8.12. The van der Waals surface area contributed by atoms with Crippen LogP contribution in [0.15, 0.2) is 60.9 Å². The molecule has 28 heavy (non-hydrogen) atoms. The van der Waals surface area contributed by atoms with E-state index in [4.69, 9.17) is 0 Å². The summed E-state index contributed by atoms with van der Waals surface area (Å²) in [5.74, 6) is -0.458. The molecule has 6 nitrogen and oxygen atoms in total. The third-order valence-electron chi connectivity index (χ3n) is 4.31. The van der Waals surface area contributed by atoms with E-state index >= 15 is 0 Å². The lowest BCUT2D eigenvalue weighted by Gasteiger charge is -2.16. The summed E-state index contributed by atoms with van der Waals surface area (Å²) in [6, 6.07) is 13.5. The summed E-state index contributed by atoms with van der Waals surface area (Å²) in [6.07, 6.45) is 3.24. The number of anilines is 1. The first-order valence-corrected chi connectivity index (χ1v) is 9.25. The minimum Gasteiger partial charge on any atom is -0.345 e. The average molecular weight is 398 g/mol. The second kappa shape index (κ2) is 7.77. The van der Waals surface area contributed by atoms with E-state index in [1.165, 1.54) is 19.3 Å². The molecule has 0 amide bonds. The Balaban J connectivity index is 0.00000225. The zero-order valence-corrected chi connectivity index (χ0v) is 15.2. The van der Waals surface area contributed by atoms with Gasteiger partial charge in [0.25, 0.3) is 0 Å². The van der Waals surface area contributed by atoms with Gasteiger partial charge in [-0.25, -0.2) is 22.8 Å². The number of hydrogen-bond donors (Lipinski definition) is 2. The lowest BCUT2D eigenvalue weighted by atomic mass is 10.0. The van der Waals surface area contributed by atoms with E-state index in [2.05, 4.69) is 15.0 Å². The number of nitrogens with zero attached hydrogens (tertiary/aromatic N) is 3. The van der Waals surface area contributed by atoms with Crippen LogP contribution in [0.3, 0.4) is 0 Å². The lowest BCUT2D eigenvalue weighted by Crippen LogP contribution is -2.14.